The highest BCUT2D eigenvalue weighted by Crippen LogP contribution is 2.30. The summed E-state index contributed by atoms with van der Waals surface area (Å²) in [7, 11) is 0. The molecule has 0 amide bonds. The zero-order chi connectivity index (χ0) is 16.7. The lowest BCUT2D eigenvalue weighted by molar-refractivity contribution is 0.160. The molecule has 3 aromatic rings. The summed E-state index contributed by atoms with van der Waals surface area (Å²) in [4.78, 5) is 2.47. The molecule has 5 heteroatoms. The van der Waals surface area contributed by atoms with E-state index in [1.807, 2.05) is 41.9 Å². The van der Waals surface area contributed by atoms with E-state index < -0.39 is 0 Å². The van der Waals surface area contributed by atoms with E-state index in [1.165, 1.54) is 5.69 Å². The number of nitrogens with zero attached hydrogens (tertiary/aromatic N) is 4. The van der Waals surface area contributed by atoms with Crippen LogP contribution in [-0.2, 0) is 13.1 Å². The van der Waals surface area contributed by atoms with Crippen LogP contribution < -0.4 is 0 Å². The van der Waals surface area contributed by atoms with Gasteiger partial charge in [-0.15, -0.1) is 0 Å². The predicted molar refractivity (Wildman–Crippen MR) is 96.6 cm³/mol. The quantitative estimate of drug-likeness (QED) is 0.713. The van der Waals surface area contributed by atoms with Gasteiger partial charge < -0.3 is 4.57 Å². The molecule has 0 saturated heterocycles. The van der Waals surface area contributed by atoms with Gasteiger partial charge in [0.15, 0.2) is 0 Å². The maximum atomic E-state index is 6.68. The average Bonchev–Trinajstić information content (AvgIpc) is 3.18. The standard InChI is InChI=1S/C19H21ClN4/c1-14-17(19(20)24(21-14)16-7-4-3-5-8-16)13-23-12-11-22-10-6-9-18(22)15(23)2/h3-10,15H,11-13H2,1-2H3/t15-/m0/s1. The fourth-order valence-corrected chi connectivity index (χ4v) is 3.83. The molecule has 1 aromatic carbocycles. The molecule has 24 heavy (non-hydrogen) atoms. The molecule has 0 radical (unpaired) electrons. The van der Waals surface area contributed by atoms with Gasteiger partial charge >= 0.3 is 0 Å². The van der Waals surface area contributed by atoms with Crippen molar-refractivity contribution in [3.05, 3.63) is 70.8 Å². The highest BCUT2D eigenvalue weighted by Gasteiger charge is 2.26. The van der Waals surface area contributed by atoms with Gasteiger partial charge in [0.2, 0.25) is 0 Å². The van der Waals surface area contributed by atoms with Crippen LogP contribution in [0.4, 0.5) is 0 Å². The highest BCUT2D eigenvalue weighted by atomic mass is 35.5. The molecule has 4 nitrogen and oxygen atoms in total. The molecule has 0 saturated carbocycles. The van der Waals surface area contributed by atoms with Crippen LogP contribution in [0.2, 0.25) is 5.15 Å². The first-order chi connectivity index (χ1) is 11.6. The molecule has 2 aromatic heterocycles. The van der Waals surface area contributed by atoms with Crippen LogP contribution in [0, 0.1) is 6.92 Å². The molecule has 0 spiro atoms. The van der Waals surface area contributed by atoms with E-state index in [-0.39, 0.29) is 0 Å². The molecule has 0 N–H and O–H groups in total. The number of rotatable bonds is 3. The Balaban J connectivity index is 1.63. The molecule has 0 aliphatic carbocycles. The van der Waals surface area contributed by atoms with Crippen molar-refractivity contribution in [3.63, 3.8) is 0 Å². The maximum Gasteiger partial charge on any atom is 0.137 e. The Bertz CT molecular complexity index is 850. The fraction of sp³-hybridized carbons (Fsp3) is 0.316. The van der Waals surface area contributed by atoms with E-state index >= 15 is 0 Å². The molecule has 3 heterocycles. The Kier molecular flexibility index (Phi) is 3.94. The minimum Gasteiger partial charge on any atom is -0.349 e. The molecular formula is C19H21ClN4. The molecule has 1 aliphatic rings. The van der Waals surface area contributed by atoms with Crippen molar-refractivity contribution in [2.24, 2.45) is 0 Å². The van der Waals surface area contributed by atoms with Crippen molar-refractivity contribution in [3.8, 4) is 5.69 Å². The highest BCUT2D eigenvalue weighted by molar-refractivity contribution is 6.30. The number of fused-ring (bicyclic) bond motifs is 1. The Morgan fingerprint density at radius 3 is 2.71 bits per heavy atom. The Hall–Kier alpha value is -2.04. The van der Waals surface area contributed by atoms with Crippen molar-refractivity contribution in [1.29, 1.82) is 0 Å². The number of aromatic nitrogens is 3. The smallest absolute Gasteiger partial charge is 0.137 e. The second-order valence-electron chi connectivity index (χ2n) is 6.38. The molecule has 0 bridgehead atoms. The van der Waals surface area contributed by atoms with Crippen LogP contribution in [-0.4, -0.2) is 25.8 Å². The summed E-state index contributed by atoms with van der Waals surface area (Å²) in [5, 5.41) is 5.37. The van der Waals surface area contributed by atoms with Crippen LogP contribution >= 0.6 is 11.6 Å². The van der Waals surface area contributed by atoms with E-state index in [1.54, 1.807) is 0 Å². The summed E-state index contributed by atoms with van der Waals surface area (Å²) < 4.78 is 4.17. The monoisotopic (exact) mass is 340 g/mol. The van der Waals surface area contributed by atoms with Gasteiger partial charge in [-0.05, 0) is 38.1 Å². The van der Waals surface area contributed by atoms with Crippen LogP contribution in [0.15, 0.2) is 48.7 Å². The molecule has 1 aliphatic heterocycles. The summed E-state index contributed by atoms with van der Waals surface area (Å²) >= 11 is 6.68. The van der Waals surface area contributed by atoms with Gasteiger partial charge in [0.05, 0.1) is 11.4 Å². The van der Waals surface area contributed by atoms with Gasteiger partial charge in [-0.2, -0.15) is 5.10 Å². The Morgan fingerprint density at radius 2 is 1.92 bits per heavy atom. The normalized spacial score (nSPS) is 17.9. The van der Waals surface area contributed by atoms with Gasteiger partial charge in [-0.25, -0.2) is 4.68 Å². The average molecular weight is 341 g/mol. The predicted octanol–water partition coefficient (Wildman–Crippen LogP) is 4.21. The molecular weight excluding hydrogens is 320 g/mol. The van der Waals surface area contributed by atoms with Crippen molar-refractivity contribution in [2.45, 2.75) is 33.0 Å². The second kappa shape index (κ2) is 6.11. The van der Waals surface area contributed by atoms with Crippen molar-refractivity contribution >= 4 is 11.6 Å². The number of aryl methyl sites for hydroxylation is 1. The van der Waals surface area contributed by atoms with Crippen molar-refractivity contribution in [1.82, 2.24) is 19.2 Å². The maximum absolute atomic E-state index is 6.68. The number of benzene rings is 1. The summed E-state index contributed by atoms with van der Waals surface area (Å²) in [5.74, 6) is 0. The third kappa shape index (κ3) is 2.56. The van der Waals surface area contributed by atoms with Gasteiger partial charge in [0.25, 0.3) is 0 Å². The second-order valence-corrected chi connectivity index (χ2v) is 6.73. The first-order valence-electron chi connectivity index (χ1n) is 8.33. The lowest BCUT2D eigenvalue weighted by atomic mass is 10.1. The largest absolute Gasteiger partial charge is 0.349 e. The van der Waals surface area contributed by atoms with E-state index in [2.05, 4.69) is 39.8 Å². The first-order valence-corrected chi connectivity index (χ1v) is 8.71. The van der Waals surface area contributed by atoms with Gasteiger partial charge in [-0.3, -0.25) is 4.90 Å². The summed E-state index contributed by atoms with van der Waals surface area (Å²) in [6.07, 6.45) is 2.16. The van der Waals surface area contributed by atoms with E-state index in [9.17, 15) is 0 Å². The number of hydrogen-bond acceptors (Lipinski definition) is 2. The van der Waals surface area contributed by atoms with Gasteiger partial charge in [-0.1, -0.05) is 29.8 Å². The van der Waals surface area contributed by atoms with Crippen LogP contribution in [0.1, 0.15) is 29.9 Å². The minimum atomic E-state index is 0.379. The summed E-state index contributed by atoms with van der Waals surface area (Å²) in [6, 6.07) is 14.8. The van der Waals surface area contributed by atoms with E-state index in [0.29, 0.717) is 11.2 Å². The van der Waals surface area contributed by atoms with Gasteiger partial charge in [0.1, 0.15) is 5.15 Å². The molecule has 1 atom stereocenters. The van der Waals surface area contributed by atoms with Crippen molar-refractivity contribution < 1.29 is 0 Å². The van der Waals surface area contributed by atoms with Crippen LogP contribution in [0.25, 0.3) is 5.69 Å². The topological polar surface area (TPSA) is 26.0 Å². The minimum absolute atomic E-state index is 0.379. The van der Waals surface area contributed by atoms with E-state index in [0.717, 1.165) is 36.6 Å². The summed E-state index contributed by atoms with van der Waals surface area (Å²) in [5.41, 5.74) is 4.48. The third-order valence-corrected chi connectivity index (χ3v) is 5.34. The number of para-hydroxylation sites is 1. The number of halogens is 1. The SMILES string of the molecule is Cc1nn(-c2ccccc2)c(Cl)c1CN1CCn2cccc2[C@@H]1C. The first kappa shape index (κ1) is 15.5. The van der Waals surface area contributed by atoms with Crippen LogP contribution in [0.3, 0.4) is 0 Å². The third-order valence-electron chi connectivity index (χ3n) is 4.95. The van der Waals surface area contributed by atoms with Crippen LogP contribution in [0.5, 0.6) is 0 Å². The zero-order valence-electron chi connectivity index (χ0n) is 14.0. The van der Waals surface area contributed by atoms with Crippen molar-refractivity contribution in [2.75, 3.05) is 6.54 Å². The molecule has 124 valence electrons. The molecule has 4 rings (SSSR count). The Labute approximate surface area is 147 Å². The fourth-order valence-electron chi connectivity index (χ4n) is 3.50. The number of hydrogen-bond donors (Lipinski definition) is 0. The zero-order valence-corrected chi connectivity index (χ0v) is 14.7. The molecule has 0 fully saturated rings. The molecule has 0 unspecified atom stereocenters. The lowest BCUT2D eigenvalue weighted by Crippen LogP contribution is -2.36. The summed E-state index contributed by atoms with van der Waals surface area (Å²) in [6.45, 7) is 7.17. The van der Waals surface area contributed by atoms with Gasteiger partial charge in [0, 0.05) is 43.1 Å². The lowest BCUT2D eigenvalue weighted by Gasteiger charge is -2.34. The Morgan fingerprint density at radius 1 is 1.12 bits per heavy atom. The van der Waals surface area contributed by atoms with E-state index in [4.69, 9.17) is 11.6 Å².